The summed E-state index contributed by atoms with van der Waals surface area (Å²) in [5, 5.41) is 13.5. The third-order valence-corrected chi connectivity index (χ3v) is 3.77. The molecule has 0 saturated carbocycles. The normalized spacial score (nSPS) is 13.7. The number of benzene rings is 2. The summed E-state index contributed by atoms with van der Waals surface area (Å²) in [6.07, 6.45) is 0. The fourth-order valence-electron chi connectivity index (χ4n) is 2.47. The second-order valence-corrected chi connectivity index (χ2v) is 5.45. The lowest BCUT2D eigenvalue weighted by Crippen LogP contribution is -2.22. The third kappa shape index (κ3) is 3.76. The molecule has 0 bridgehead atoms. The number of hydrogen-bond acceptors (Lipinski definition) is 3. The van der Waals surface area contributed by atoms with Crippen molar-refractivity contribution in [2.45, 2.75) is 32.9 Å². The molecule has 21 heavy (non-hydrogen) atoms. The lowest BCUT2D eigenvalue weighted by atomic mass is 10.0. The Kier molecular flexibility index (Phi) is 4.86. The van der Waals surface area contributed by atoms with E-state index >= 15 is 0 Å². The van der Waals surface area contributed by atoms with E-state index in [9.17, 15) is 5.11 Å². The Labute approximate surface area is 126 Å². The van der Waals surface area contributed by atoms with Crippen molar-refractivity contribution in [1.29, 1.82) is 0 Å². The average molecular weight is 285 g/mol. The molecule has 0 saturated heterocycles. The van der Waals surface area contributed by atoms with Crippen LogP contribution in [0.2, 0.25) is 0 Å². The number of methoxy groups -OCH3 is 1. The van der Waals surface area contributed by atoms with Crippen LogP contribution in [0.25, 0.3) is 0 Å². The molecule has 0 aliphatic heterocycles. The second kappa shape index (κ2) is 6.64. The topological polar surface area (TPSA) is 41.5 Å². The molecule has 2 rings (SSSR count). The van der Waals surface area contributed by atoms with Gasteiger partial charge in [-0.1, -0.05) is 29.8 Å². The molecule has 0 aliphatic carbocycles. The zero-order valence-electron chi connectivity index (χ0n) is 13.1. The van der Waals surface area contributed by atoms with Gasteiger partial charge in [-0.05, 0) is 44.5 Å². The molecule has 0 amide bonds. The molecule has 1 unspecified atom stereocenters. The molecule has 0 radical (unpaired) electrons. The molecule has 112 valence electrons. The highest BCUT2D eigenvalue weighted by molar-refractivity contribution is 5.38. The fourth-order valence-corrected chi connectivity index (χ4v) is 2.47. The molecule has 0 spiro atoms. The largest absolute Gasteiger partial charge is 0.508 e. The third-order valence-electron chi connectivity index (χ3n) is 3.77. The summed E-state index contributed by atoms with van der Waals surface area (Å²) in [6.45, 7) is 6.21. The van der Waals surface area contributed by atoms with E-state index in [1.165, 1.54) is 5.56 Å². The van der Waals surface area contributed by atoms with E-state index in [0.29, 0.717) is 5.75 Å². The summed E-state index contributed by atoms with van der Waals surface area (Å²) >= 11 is 0. The van der Waals surface area contributed by atoms with Crippen LogP contribution in [0, 0.1) is 6.92 Å². The van der Waals surface area contributed by atoms with Crippen molar-refractivity contribution in [1.82, 2.24) is 5.32 Å². The highest BCUT2D eigenvalue weighted by Gasteiger charge is 2.14. The predicted molar refractivity (Wildman–Crippen MR) is 85.8 cm³/mol. The highest BCUT2D eigenvalue weighted by atomic mass is 16.5. The van der Waals surface area contributed by atoms with Crippen LogP contribution in [0.4, 0.5) is 0 Å². The lowest BCUT2D eigenvalue weighted by molar-refractivity contribution is 0.414. The molecule has 0 heterocycles. The van der Waals surface area contributed by atoms with E-state index in [2.05, 4.69) is 31.3 Å². The van der Waals surface area contributed by atoms with Crippen molar-refractivity contribution in [3.05, 3.63) is 59.2 Å². The van der Waals surface area contributed by atoms with Crippen LogP contribution >= 0.6 is 0 Å². The zero-order valence-corrected chi connectivity index (χ0v) is 13.1. The number of ether oxygens (including phenoxy) is 1. The second-order valence-electron chi connectivity index (χ2n) is 5.45. The van der Waals surface area contributed by atoms with Gasteiger partial charge in [0.05, 0.1) is 7.11 Å². The summed E-state index contributed by atoms with van der Waals surface area (Å²) in [7, 11) is 1.67. The first-order valence-electron chi connectivity index (χ1n) is 7.20. The first-order valence-corrected chi connectivity index (χ1v) is 7.20. The monoisotopic (exact) mass is 285 g/mol. The Hall–Kier alpha value is -2.00. The number of rotatable bonds is 5. The Balaban J connectivity index is 2.10. The quantitative estimate of drug-likeness (QED) is 0.868. The standard InChI is InChI=1S/C18H23NO2/c1-12-5-10-18(20)17(11-12)14(3)19-13(2)15-6-8-16(21-4)9-7-15/h5-11,13-14,19-20H,1-4H3/t13-,14?/m1/s1. The van der Waals surface area contributed by atoms with Gasteiger partial charge in [0.25, 0.3) is 0 Å². The predicted octanol–water partition coefficient (Wildman–Crippen LogP) is 4.12. The van der Waals surface area contributed by atoms with Crippen LogP contribution in [0.3, 0.4) is 0 Å². The van der Waals surface area contributed by atoms with Crippen LogP contribution in [0.15, 0.2) is 42.5 Å². The van der Waals surface area contributed by atoms with Gasteiger partial charge in [0.2, 0.25) is 0 Å². The van der Waals surface area contributed by atoms with Gasteiger partial charge >= 0.3 is 0 Å². The van der Waals surface area contributed by atoms with Gasteiger partial charge in [0, 0.05) is 17.6 Å². The minimum absolute atomic E-state index is 0.0713. The van der Waals surface area contributed by atoms with Gasteiger partial charge in [0.1, 0.15) is 11.5 Å². The SMILES string of the molecule is COc1ccc([C@@H](C)NC(C)c2cc(C)ccc2O)cc1. The van der Waals surface area contributed by atoms with Gasteiger partial charge < -0.3 is 15.2 Å². The maximum absolute atomic E-state index is 10.0. The number of aromatic hydroxyl groups is 1. The fraction of sp³-hybridized carbons (Fsp3) is 0.333. The number of phenolic OH excluding ortho intramolecular Hbond substituents is 1. The van der Waals surface area contributed by atoms with Gasteiger partial charge in [-0.3, -0.25) is 0 Å². The lowest BCUT2D eigenvalue weighted by Gasteiger charge is -2.22. The Morgan fingerprint density at radius 1 is 1.00 bits per heavy atom. The first-order chi connectivity index (χ1) is 10.0. The van der Waals surface area contributed by atoms with Crippen LogP contribution in [-0.4, -0.2) is 12.2 Å². The van der Waals surface area contributed by atoms with E-state index in [0.717, 1.165) is 16.9 Å². The average Bonchev–Trinajstić information content (AvgIpc) is 2.49. The van der Waals surface area contributed by atoms with Crippen molar-refractivity contribution in [2.75, 3.05) is 7.11 Å². The van der Waals surface area contributed by atoms with E-state index < -0.39 is 0 Å². The van der Waals surface area contributed by atoms with Crippen molar-refractivity contribution in [3.8, 4) is 11.5 Å². The Bertz CT molecular complexity index is 593. The summed E-state index contributed by atoms with van der Waals surface area (Å²) in [6, 6.07) is 14.0. The molecule has 2 N–H and O–H groups in total. The van der Waals surface area contributed by atoms with Crippen molar-refractivity contribution in [3.63, 3.8) is 0 Å². The number of hydrogen-bond donors (Lipinski definition) is 2. The molecule has 2 atom stereocenters. The maximum Gasteiger partial charge on any atom is 0.120 e. The molecule has 2 aromatic rings. The van der Waals surface area contributed by atoms with Crippen molar-refractivity contribution < 1.29 is 9.84 Å². The molecule has 3 nitrogen and oxygen atoms in total. The van der Waals surface area contributed by atoms with Gasteiger partial charge in [0.15, 0.2) is 0 Å². The smallest absolute Gasteiger partial charge is 0.120 e. The van der Waals surface area contributed by atoms with Crippen LogP contribution in [0.5, 0.6) is 11.5 Å². The van der Waals surface area contributed by atoms with E-state index in [-0.39, 0.29) is 12.1 Å². The zero-order chi connectivity index (χ0) is 15.4. The van der Waals surface area contributed by atoms with E-state index in [4.69, 9.17) is 4.74 Å². The van der Waals surface area contributed by atoms with Crippen molar-refractivity contribution in [2.24, 2.45) is 0 Å². The summed E-state index contributed by atoms with van der Waals surface area (Å²) in [5.74, 6) is 1.19. The van der Waals surface area contributed by atoms with E-state index in [1.54, 1.807) is 13.2 Å². The highest BCUT2D eigenvalue weighted by Crippen LogP contribution is 2.27. The van der Waals surface area contributed by atoms with Crippen LogP contribution < -0.4 is 10.1 Å². The Morgan fingerprint density at radius 3 is 2.29 bits per heavy atom. The minimum atomic E-state index is 0.0713. The molecule has 0 aliphatic rings. The molecular weight excluding hydrogens is 262 g/mol. The molecule has 0 aromatic heterocycles. The summed E-state index contributed by atoms with van der Waals surface area (Å²) in [5.41, 5.74) is 3.26. The molecule has 2 aromatic carbocycles. The molecular formula is C18H23NO2. The van der Waals surface area contributed by atoms with Crippen LogP contribution in [0.1, 0.15) is 42.6 Å². The van der Waals surface area contributed by atoms with E-state index in [1.807, 2.05) is 31.2 Å². The minimum Gasteiger partial charge on any atom is -0.508 e. The maximum atomic E-state index is 10.0. The molecule has 0 fully saturated rings. The van der Waals surface area contributed by atoms with Crippen molar-refractivity contribution >= 4 is 0 Å². The first kappa shape index (κ1) is 15.4. The number of aryl methyl sites for hydroxylation is 1. The summed E-state index contributed by atoms with van der Waals surface area (Å²) < 4.78 is 5.17. The van der Waals surface area contributed by atoms with Crippen LogP contribution in [-0.2, 0) is 0 Å². The van der Waals surface area contributed by atoms with Gasteiger partial charge in [-0.25, -0.2) is 0 Å². The van der Waals surface area contributed by atoms with Gasteiger partial charge in [-0.15, -0.1) is 0 Å². The number of nitrogens with one attached hydrogen (secondary N) is 1. The summed E-state index contributed by atoms with van der Waals surface area (Å²) in [4.78, 5) is 0. The molecule has 3 heteroatoms. The number of phenols is 1. The van der Waals surface area contributed by atoms with Gasteiger partial charge in [-0.2, -0.15) is 0 Å². The Morgan fingerprint density at radius 2 is 1.67 bits per heavy atom.